The van der Waals surface area contributed by atoms with Gasteiger partial charge in [0, 0.05) is 12.3 Å². The molecule has 2 N–H and O–H groups in total. The van der Waals surface area contributed by atoms with Gasteiger partial charge in [-0.15, -0.1) is 0 Å². The summed E-state index contributed by atoms with van der Waals surface area (Å²) in [6.07, 6.45) is 2.62. The third kappa shape index (κ3) is 5.63. The molecule has 2 aromatic rings. The molecule has 0 aliphatic carbocycles. The number of nitrogens with one attached hydrogen (secondary N) is 2. The normalized spacial score (nSPS) is 12.1. The fourth-order valence-electron chi connectivity index (χ4n) is 2.18. The molecule has 1 atom stereocenters. The van der Waals surface area contributed by atoms with Crippen LogP contribution in [-0.2, 0) is 9.53 Å². The molecular weight excluding hydrogens is 370 g/mol. The van der Waals surface area contributed by atoms with Gasteiger partial charge in [-0.05, 0) is 45.9 Å². The van der Waals surface area contributed by atoms with Crippen molar-refractivity contribution in [1.29, 1.82) is 0 Å². The number of benzene rings is 1. The maximum absolute atomic E-state index is 14.5. The van der Waals surface area contributed by atoms with Gasteiger partial charge in [-0.3, -0.25) is 10.4 Å². The van der Waals surface area contributed by atoms with E-state index in [-0.39, 0.29) is 11.4 Å². The van der Waals surface area contributed by atoms with Gasteiger partial charge in [-0.1, -0.05) is 0 Å². The van der Waals surface area contributed by atoms with E-state index in [4.69, 9.17) is 4.74 Å². The zero-order valence-electron chi connectivity index (χ0n) is 16.0. The van der Waals surface area contributed by atoms with E-state index in [0.29, 0.717) is 18.0 Å². The molecule has 0 saturated carbocycles. The molecule has 1 aromatic carbocycles. The van der Waals surface area contributed by atoms with Gasteiger partial charge in [0.1, 0.15) is 29.4 Å². The van der Waals surface area contributed by atoms with Gasteiger partial charge in [-0.2, -0.15) is 0 Å². The van der Waals surface area contributed by atoms with E-state index in [0.717, 1.165) is 11.1 Å². The number of aldehydes is 1. The molecule has 0 saturated heterocycles. The minimum absolute atomic E-state index is 0.0113. The van der Waals surface area contributed by atoms with Crippen LogP contribution in [0, 0.1) is 11.6 Å². The van der Waals surface area contributed by atoms with E-state index in [2.05, 4.69) is 15.7 Å². The van der Waals surface area contributed by atoms with Crippen LogP contribution in [0.3, 0.4) is 0 Å². The van der Waals surface area contributed by atoms with Crippen molar-refractivity contribution >= 4 is 29.4 Å². The molecular formula is C19H22F2N4O3. The fraction of sp³-hybridized carbons (Fsp3) is 0.316. The molecule has 0 spiro atoms. The van der Waals surface area contributed by atoms with Crippen LogP contribution in [0.5, 0.6) is 0 Å². The standard InChI is InChI=1S/C19H22F2N4O3/c1-12(11-26)25(18(27)28-19(2,3)4)24-17-15(21)8-13(20)9-16(17)23-14-6-5-7-22-10-14/h5-12,23-24H,1-4H3. The lowest BCUT2D eigenvalue weighted by Gasteiger charge is -2.31. The van der Waals surface area contributed by atoms with Crippen LogP contribution in [0.15, 0.2) is 36.7 Å². The zero-order chi connectivity index (χ0) is 20.9. The summed E-state index contributed by atoms with van der Waals surface area (Å²) >= 11 is 0. The summed E-state index contributed by atoms with van der Waals surface area (Å²) in [5.74, 6) is -1.78. The van der Waals surface area contributed by atoms with Gasteiger partial charge in [-0.25, -0.2) is 18.6 Å². The van der Waals surface area contributed by atoms with Crippen LogP contribution >= 0.6 is 0 Å². The highest BCUT2D eigenvalue weighted by Gasteiger charge is 2.28. The highest BCUT2D eigenvalue weighted by Crippen LogP contribution is 2.30. The number of amides is 1. The van der Waals surface area contributed by atoms with Crippen LogP contribution in [0.2, 0.25) is 0 Å². The number of pyridine rings is 1. The van der Waals surface area contributed by atoms with Gasteiger partial charge in [0.05, 0.1) is 17.6 Å². The number of anilines is 3. The first kappa shape index (κ1) is 21.1. The summed E-state index contributed by atoms with van der Waals surface area (Å²) in [7, 11) is 0. The van der Waals surface area contributed by atoms with E-state index >= 15 is 0 Å². The zero-order valence-corrected chi connectivity index (χ0v) is 16.0. The van der Waals surface area contributed by atoms with Crippen molar-refractivity contribution in [2.75, 3.05) is 10.7 Å². The first-order valence-corrected chi connectivity index (χ1v) is 8.51. The molecule has 1 aromatic heterocycles. The Morgan fingerprint density at radius 1 is 1.32 bits per heavy atom. The van der Waals surface area contributed by atoms with Gasteiger partial charge in [0.15, 0.2) is 5.82 Å². The molecule has 150 valence electrons. The predicted octanol–water partition coefficient (Wildman–Crippen LogP) is 4.25. The number of carbonyl (C=O) groups excluding carboxylic acids is 2. The summed E-state index contributed by atoms with van der Waals surface area (Å²) in [6.45, 7) is 6.40. The van der Waals surface area contributed by atoms with Crippen LogP contribution in [-0.4, -0.2) is 34.0 Å². The summed E-state index contributed by atoms with van der Waals surface area (Å²) in [4.78, 5) is 27.6. The Balaban J connectivity index is 2.40. The van der Waals surface area contributed by atoms with Crippen LogP contribution in [0.25, 0.3) is 0 Å². The Morgan fingerprint density at radius 2 is 2.04 bits per heavy atom. The number of nitrogens with zero attached hydrogens (tertiary/aromatic N) is 2. The monoisotopic (exact) mass is 392 g/mol. The Labute approximate surface area is 161 Å². The SMILES string of the molecule is CC(C=O)N(Nc1c(F)cc(F)cc1Nc1cccnc1)C(=O)OC(C)(C)C. The number of halogens is 2. The third-order valence-corrected chi connectivity index (χ3v) is 3.42. The Bertz CT molecular complexity index is 841. The predicted molar refractivity (Wildman–Crippen MR) is 101 cm³/mol. The molecule has 1 unspecified atom stereocenters. The first-order valence-electron chi connectivity index (χ1n) is 8.51. The second kappa shape index (κ2) is 8.64. The second-order valence-electron chi connectivity index (χ2n) is 7.02. The molecule has 0 fully saturated rings. The molecule has 0 aliphatic heterocycles. The van der Waals surface area contributed by atoms with Gasteiger partial charge >= 0.3 is 6.09 Å². The highest BCUT2D eigenvalue weighted by molar-refractivity contribution is 5.80. The van der Waals surface area contributed by atoms with Crippen molar-refractivity contribution in [3.63, 3.8) is 0 Å². The largest absolute Gasteiger partial charge is 0.442 e. The Morgan fingerprint density at radius 3 is 2.61 bits per heavy atom. The lowest BCUT2D eigenvalue weighted by atomic mass is 10.2. The van der Waals surface area contributed by atoms with E-state index in [9.17, 15) is 18.4 Å². The fourth-order valence-corrected chi connectivity index (χ4v) is 2.18. The first-order chi connectivity index (χ1) is 13.1. The topological polar surface area (TPSA) is 83.6 Å². The highest BCUT2D eigenvalue weighted by atomic mass is 19.1. The van der Waals surface area contributed by atoms with E-state index in [1.807, 2.05) is 0 Å². The molecule has 1 heterocycles. The minimum atomic E-state index is -0.981. The Hall–Kier alpha value is -3.23. The Kier molecular flexibility index (Phi) is 6.50. The summed E-state index contributed by atoms with van der Waals surface area (Å²) in [5, 5.41) is 3.67. The van der Waals surface area contributed by atoms with E-state index in [1.165, 1.54) is 13.1 Å². The van der Waals surface area contributed by atoms with E-state index in [1.54, 1.807) is 39.1 Å². The van der Waals surface area contributed by atoms with Crippen molar-refractivity contribution in [1.82, 2.24) is 9.99 Å². The smallest absolute Gasteiger partial charge is 0.429 e. The number of hydrogen-bond acceptors (Lipinski definition) is 6. The quantitative estimate of drug-likeness (QED) is 0.565. The van der Waals surface area contributed by atoms with E-state index < -0.39 is 29.4 Å². The number of rotatable bonds is 6. The maximum Gasteiger partial charge on any atom is 0.429 e. The maximum atomic E-state index is 14.5. The number of ether oxygens (including phenoxy) is 1. The number of hydrazine groups is 1. The molecule has 0 bridgehead atoms. The summed E-state index contributed by atoms with van der Waals surface area (Å²) < 4.78 is 33.5. The van der Waals surface area contributed by atoms with Crippen molar-refractivity contribution in [2.24, 2.45) is 0 Å². The van der Waals surface area contributed by atoms with Crippen LogP contribution in [0.4, 0.5) is 30.6 Å². The average Bonchev–Trinajstić information content (AvgIpc) is 2.59. The van der Waals surface area contributed by atoms with Crippen molar-refractivity contribution in [2.45, 2.75) is 39.3 Å². The number of aromatic nitrogens is 1. The second-order valence-corrected chi connectivity index (χ2v) is 7.02. The molecule has 28 heavy (non-hydrogen) atoms. The molecule has 2 rings (SSSR count). The van der Waals surface area contributed by atoms with Gasteiger partial charge in [0.25, 0.3) is 0 Å². The molecule has 0 radical (unpaired) electrons. The number of hydrogen-bond donors (Lipinski definition) is 2. The lowest BCUT2D eigenvalue weighted by molar-refractivity contribution is -0.111. The molecule has 7 nitrogen and oxygen atoms in total. The van der Waals surface area contributed by atoms with Crippen molar-refractivity contribution in [3.05, 3.63) is 48.3 Å². The molecule has 9 heteroatoms. The molecule has 0 aliphatic rings. The molecule has 1 amide bonds. The summed E-state index contributed by atoms with van der Waals surface area (Å²) in [6, 6.07) is 4.03. The third-order valence-electron chi connectivity index (χ3n) is 3.42. The lowest BCUT2D eigenvalue weighted by Crippen LogP contribution is -2.46. The van der Waals surface area contributed by atoms with Crippen LogP contribution in [0.1, 0.15) is 27.7 Å². The van der Waals surface area contributed by atoms with Gasteiger partial charge in [0.2, 0.25) is 0 Å². The van der Waals surface area contributed by atoms with Crippen molar-refractivity contribution in [3.8, 4) is 0 Å². The average molecular weight is 392 g/mol. The van der Waals surface area contributed by atoms with Crippen molar-refractivity contribution < 1.29 is 23.1 Å². The summed E-state index contributed by atoms with van der Waals surface area (Å²) in [5.41, 5.74) is 1.96. The van der Waals surface area contributed by atoms with Crippen LogP contribution < -0.4 is 10.7 Å². The number of carbonyl (C=O) groups is 2. The van der Waals surface area contributed by atoms with Gasteiger partial charge < -0.3 is 14.8 Å². The minimum Gasteiger partial charge on any atom is -0.442 e.